The molecule has 1 aliphatic heterocycles. The molecule has 1 N–H and O–H groups in total. The molecular formula is C19H26F3N7. The number of halogens is 3. The lowest BCUT2D eigenvalue weighted by Crippen LogP contribution is -2.53. The van der Waals surface area contributed by atoms with Crippen LogP contribution in [0, 0.1) is 0 Å². The third kappa shape index (κ3) is 5.18. The molecule has 0 radical (unpaired) electrons. The van der Waals surface area contributed by atoms with Crippen LogP contribution in [0.4, 0.5) is 18.9 Å². The minimum Gasteiger partial charge on any atom is -0.368 e. The fourth-order valence-electron chi connectivity index (χ4n) is 3.42. The number of guanidine groups is 1. The Labute approximate surface area is 168 Å². The SMILES string of the molecule is CCc1nncn1CCNC(=NC)N1CCN(c2cccc(C(F)(F)F)c2)CC1. The number of rotatable bonds is 5. The molecule has 10 heteroatoms. The van der Waals surface area contributed by atoms with Crippen LogP contribution in [-0.2, 0) is 19.1 Å². The maximum atomic E-state index is 13.0. The fraction of sp³-hybridized carbons (Fsp3) is 0.526. The average molecular weight is 409 g/mol. The van der Waals surface area contributed by atoms with E-state index < -0.39 is 11.7 Å². The second-order valence-electron chi connectivity index (χ2n) is 6.79. The Balaban J connectivity index is 1.52. The van der Waals surface area contributed by atoms with Crippen LogP contribution in [0.5, 0.6) is 0 Å². The summed E-state index contributed by atoms with van der Waals surface area (Å²) in [6.45, 7) is 6.09. The summed E-state index contributed by atoms with van der Waals surface area (Å²) < 4.78 is 40.9. The van der Waals surface area contributed by atoms with E-state index in [1.165, 1.54) is 12.1 Å². The largest absolute Gasteiger partial charge is 0.416 e. The molecular weight excluding hydrogens is 383 g/mol. The van der Waals surface area contributed by atoms with Gasteiger partial charge in [0.1, 0.15) is 12.2 Å². The molecule has 0 unspecified atom stereocenters. The van der Waals surface area contributed by atoms with Crippen molar-refractivity contribution in [3.8, 4) is 0 Å². The molecule has 0 saturated carbocycles. The third-order valence-corrected chi connectivity index (χ3v) is 4.98. The highest BCUT2D eigenvalue weighted by atomic mass is 19.4. The van der Waals surface area contributed by atoms with Crippen LogP contribution in [0.15, 0.2) is 35.6 Å². The number of hydrogen-bond donors (Lipinski definition) is 1. The number of aliphatic imine (C=N–C) groups is 1. The maximum Gasteiger partial charge on any atom is 0.416 e. The van der Waals surface area contributed by atoms with Gasteiger partial charge in [-0.2, -0.15) is 13.2 Å². The molecule has 3 rings (SSSR count). The Morgan fingerprint density at radius 3 is 2.62 bits per heavy atom. The molecule has 0 bridgehead atoms. The van der Waals surface area contributed by atoms with E-state index in [1.54, 1.807) is 19.4 Å². The van der Waals surface area contributed by atoms with Crippen molar-refractivity contribution in [1.82, 2.24) is 25.0 Å². The number of piperazine rings is 1. The summed E-state index contributed by atoms with van der Waals surface area (Å²) in [6.07, 6.45) is -1.78. The van der Waals surface area contributed by atoms with Gasteiger partial charge in [0.2, 0.25) is 0 Å². The first kappa shape index (κ1) is 20.9. The lowest BCUT2D eigenvalue weighted by atomic mass is 10.1. The second kappa shape index (κ2) is 9.15. The molecule has 29 heavy (non-hydrogen) atoms. The van der Waals surface area contributed by atoms with Gasteiger partial charge in [-0.05, 0) is 18.2 Å². The summed E-state index contributed by atoms with van der Waals surface area (Å²) in [5.74, 6) is 1.73. The van der Waals surface area contributed by atoms with E-state index in [0.29, 0.717) is 38.4 Å². The number of nitrogens with zero attached hydrogens (tertiary/aromatic N) is 6. The molecule has 1 aromatic heterocycles. The molecule has 2 aromatic rings. The Bertz CT molecular complexity index is 823. The lowest BCUT2D eigenvalue weighted by molar-refractivity contribution is -0.137. The van der Waals surface area contributed by atoms with Gasteiger partial charge in [-0.3, -0.25) is 4.99 Å². The van der Waals surface area contributed by atoms with Crippen LogP contribution in [0.1, 0.15) is 18.3 Å². The summed E-state index contributed by atoms with van der Waals surface area (Å²) in [5.41, 5.74) is -0.0162. The van der Waals surface area contributed by atoms with Crippen LogP contribution >= 0.6 is 0 Å². The van der Waals surface area contributed by atoms with Gasteiger partial charge in [0, 0.05) is 58.4 Å². The molecule has 1 aromatic carbocycles. The highest BCUT2D eigenvalue weighted by Gasteiger charge is 2.31. The summed E-state index contributed by atoms with van der Waals surface area (Å²) in [6, 6.07) is 5.50. The minimum absolute atomic E-state index is 0.599. The predicted molar refractivity (Wildman–Crippen MR) is 106 cm³/mol. The van der Waals surface area contributed by atoms with E-state index in [0.717, 1.165) is 30.8 Å². The third-order valence-electron chi connectivity index (χ3n) is 4.98. The van der Waals surface area contributed by atoms with Crippen LogP contribution in [-0.4, -0.2) is 65.4 Å². The number of hydrogen-bond acceptors (Lipinski definition) is 4. The van der Waals surface area contributed by atoms with Crippen LogP contribution in [0.3, 0.4) is 0 Å². The first-order valence-corrected chi connectivity index (χ1v) is 9.67. The van der Waals surface area contributed by atoms with E-state index in [9.17, 15) is 13.2 Å². The van der Waals surface area contributed by atoms with Crippen molar-refractivity contribution in [2.75, 3.05) is 44.7 Å². The van der Waals surface area contributed by atoms with Crippen LogP contribution in [0.25, 0.3) is 0 Å². The Morgan fingerprint density at radius 2 is 1.97 bits per heavy atom. The van der Waals surface area contributed by atoms with Crippen LogP contribution in [0.2, 0.25) is 0 Å². The van der Waals surface area contributed by atoms with E-state index in [4.69, 9.17) is 0 Å². The topological polar surface area (TPSA) is 61.6 Å². The normalized spacial score (nSPS) is 15.7. The second-order valence-corrected chi connectivity index (χ2v) is 6.79. The molecule has 0 amide bonds. The molecule has 1 fully saturated rings. The Hall–Kier alpha value is -2.78. The van der Waals surface area contributed by atoms with Crippen molar-refractivity contribution in [2.24, 2.45) is 4.99 Å². The molecule has 2 heterocycles. The summed E-state index contributed by atoms with van der Waals surface area (Å²) >= 11 is 0. The van der Waals surface area contributed by atoms with Gasteiger partial charge in [-0.1, -0.05) is 13.0 Å². The number of aromatic nitrogens is 3. The van der Waals surface area contributed by atoms with E-state index >= 15 is 0 Å². The molecule has 1 saturated heterocycles. The van der Waals surface area contributed by atoms with E-state index in [1.807, 2.05) is 16.4 Å². The van der Waals surface area contributed by atoms with Crippen LogP contribution < -0.4 is 10.2 Å². The first-order chi connectivity index (χ1) is 13.9. The van der Waals surface area contributed by atoms with Crippen molar-refractivity contribution in [3.05, 3.63) is 42.0 Å². The van der Waals surface area contributed by atoms with Gasteiger partial charge >= 0.3 is 6.18 Å². The van der Waals surface area contributed by atoms with Gasteiger partial charge in [-0.15, -0.1) is 10.2 Å². The zero-order valence-electron chi connectivity index (χ0n) is 16.7. The molecule has 0 aliphatic carbocycles. The van der Waals surface area contributed by atoms with Crippen molar-refractivity contribution >= 4 is 11.6 Å². The zero-order chi connectivity index (χ0) is 20.9. The number of alkyl halides is 3. The monoisotopic (exact) mass is 409 g/mol. The number of aryl methyl sites for hydroxylation is 1. The van der Waals surface area contributed by atoms with E-state index in [2.05, 4.69) is 25.4 Å². The first-order valence-electron chi connectivity index (χ1n) is 9.67. The van der Waals surface area contributed by atoms with Crippen molar-refractivity contribution < 1.29 is 13.2 Å². The fourth-order valence-corrected chi connectivity index (χ4v) is 3.42. The summed E-state index contributed by atoms with van der Waals surface area (Å²) in [7, 11) is 1.73. The smallest absolute Gasteiger partial charge is 0.368 e. The summed E-state index contributed by atoms with van der Waals surface area (Å²) in [4.78, 5) is 8.44. The standard InChI is InChI=1S/C19H26F3N7/c1-3-17-26-25-14-29(17)8-7-24-18(23-2)28-11-9-27(10-12-28)16-6-4-5-15(13-16)19(20,21)22/h4-6,13-14H,3,7-12H2,1-2H3,(H,23,24). The van der Waals surface area contributed by atoms with Crippen molar-refractivity contribution in [2.45, 2.75) is 26.1 Å². The number of anilines is 1. The average Bonchev–Trinajstić information content (AvgIpc) is 3.18. The minimum atomic E-state index is -4.33. The molecule has 158 valence electrons. The summed E-state index contributed by atoms with van der Waals surface area (Å²) in [5, 5.41) is 11.3. The van der Waals surface area contributed by atoms with Gasteiger partial charge < -0.3 is 19.7 Å². The number of nitrogens with one attached hydrogen (secondary N) is 1. The number of benzene rings is 1. The molecule has 0 spiro atoms. The highest BCUT2D eigenvalue weighted by molar-refractivity contribution is 5.80. The van der Waals surface area contributed by atoms with Gasteiger partial charge in [0.15, 0.2) is 5.96 Å². The van der Waals surface area contributed by atoms with Crippen molar-refractivity contribution in [1.29, 1.82) is 0 Å². The van der Waals surface area contributed by atoms with E-state index in [-0.39, 0.29) is 0 Å². The molecule has 1 aliphatic rings. The highest BCUT2D eigenvalue weighted by Crippen LogP contribution is 2.31. The Morgan fingerprint density at radius 1 is 1.21 bits per heavy atom. The maximum absolute atomic E-state index is 13.0. The Kier molecular flexibility index (Phi) is 6.60. The van der Waals surface area contributed by atoms with Gasteiger partial charge in [0.05, 0.1) is 5.56 Å². The van der Waals surface area contributed by atoms with Gasteiger partial charge in [0.25, 0.3) is 0 Å². The lowest BCUT2D eigenvalue weighted by Gasteiger charge is -2.37. The predicted octanol–water partition coefficient (Wildman–Crippen LogP) is 2.26. The van der Waals surface area contributed by atoms with Crippen molar-refractivity contribution in [3.63, 3.8) is 0 Å². The zero-order valence-corrected chi connectivity index (χ0v) is 16.7. The molecule has 0 atom stereocenters. The molecule has 7 nitrogen and oxygen atoms in total. The van der Waals surface area contributed by atoms with Gasteiger partial charge in [-0.25, -0.2) is 0 Å². The quantitative estimate of drug-likeness (QED) is 0.606.